The van der Waals surface area contributed by atoms with Gasteiger partial charge in [0.25, 0.3) is 0 Å². The molecule has 0 spiro atoms. The summed E-state index contributed by atoms with van der Waals surface area (Å²) >= 11 is 1.36. The van der Waals surface area contributed by atoms with Gasteiger partial charge in [-0.1, -0.05) is 117 Å². The van der Waals surface area contributed by atoms with Crippen molar-refractivity contribution in [3.8, 4) is 11.1 Å². The molecule has 2 heteroatoms. The van der Waals surface area contributed by atoms with Crippen LogP contribution in [0.1, 0.15) is 147 Å². The summed E-state index contributed by atoms with van der Waals surface area (Å²) in [7, 11) is 0. The molecule has 0 atom stereocenters. The van der Waals surface area contributed by atoms with Gasteiger partial charge in [-0.05, 0) is 28.4 Å². The Morgan fingerprint density at radius 3 is 1.67 bits per heavy atom. The van der Waals surface area contributed by atoms with E-state index in [9.17, 15) is 0 Å². The Labute approximate surface area is 277 Å². The van der Waals surface area contributed by atoms with Crippen LogP contribution >= 0.6 is 0 Å². The third-order valence-corrected chi connectivity index (χ3v) is 8.18. The number of rotatable bonds is 0. The van der Waals surface area contributed by atoms with Crippen molar-refractivity contribution in [1.29, 1.82) is 0 Å². The van der Waals surface area contributed by atoms with Crippen molar-refractivity contribution in [2.24, 2.45) is 0 Å². The van der Waals surface area contributed by atoms with E-state index in [0.29, 0.717) is 0 Å². The standard InChI is InChI=1S/C21H25.2C7H13.C5H5.Si.Zr/c1-20(2,3)16-7-9-18-14(12-16)11-15-13-17(21(4,5)6)8-10-19(15)18;2*1-2-4-6-7-5-3-1;1-2-4-5-3-1;;/h7-10,12H,11H2,1-6H3;2*1H,2-7H2;1-3H,4H2;;/q4*-1;;. The van der Waals surface area contributed by atoms with Crippen LogP contribution in [0.15, 0.2) is 48.6 Å². The third-order valence-electron chi connectivity index (χ3n) is 8.18. The topological polar surface area (TPSA) is 0 Å². The van der Waals surface area contributed by atoms with Crippen LogP contribution < -0.4 is 0 Å². The van der Waals surface area contributed by atoms with Gasteiger partial charge in [0.05, 0.1) is 0 Å². The fourth-order valence-corrected chi connectivity index (χ4v) is 5.52. The summed E-state index contributed by atoms with van der Waals surface area (Å²) in [5, 5.41) is 0. The number of allylic oxidation sites excluding steroid dienone is 4. The Kier molecular flexibility index (Phi) is 17.8. The number of fused-ring (bicyclic) bond motifs is 3. The molecule has 0 bridgehead atoms. The number of hydrogen-bond acceptors (Lipinski definition) is 0. The molecule has 0 unspecified atom stereocenters. The summed E-state index contributed by atoms with van der Waals surface area (Å²) in [5.41, 5.74) is 8.70. The minimum atomic E-state index is 0.167. The van der Waals surface area contributed by atoms with Crippen LogP contribution in [0.2, 0.25) is 0 Å². The molecule has 0 amide bonds. The van der Waals surface area contributed by atoms with Crippen LogP contribution in [0.4, 0.5) is 0 Å². The van der Waals surface area contributed by atoms with Gasteiger partial charge in [0, 0.05) is 0 Å². The maximum atomic E-state index is 3.67. The molecule has 6 rings (SSSR count). The zero-order chi connectivity index (χ0) is 30.8. The molecule has 2 aromatic carbocycles. The predicted octanol–water partition coefficient (Wildman–Crippen LogP) is 11.7. The second kappa shape index (κ2) is 20.1. The van der Waals surface area contributed by atoms with Gasteiger partial charge in [0.1, 0.15) is 0 Å². The van der Waals surface area contributed by atoms with Gasteiger partial charge >= 0.3 is 30.2 Å². The van der Waals surface area contributed by atoms with Gasteiger partial charge in [-0.3, -0.25) is 6.08 Å². The van der Waals surface area contributed by atoms with E-state index in [1.807, 2.05) is 12.2 Å². The summed E-state index contributed by atoms with van der Waals surface area (Å²) in [6.07, 6.45) is 33.0. The van der Waals surface area contributed by atoms with E-state index in [2.05, 4.69) is 110 Å². The molecule has 42 heavy (non-hydrogen) atoms. The van der Waals surface area contributed by atoms with Gasteiger partial charge in [0.15, 0.2) is 0 Å². The first kappa shape index (κ1) is 37.2. The Balaban J connectivity index is 0.000000237. The Hall–Kier alpha value is -0.980. The molecular formula is C40H56SiZr-4. The normalized spacial score (nSPS) is 17.2. The van der Waals surface area contributed by atoms with E-state index >= 15 is 0 Å². The Bertz CT molecular complexity index is 971. The SMILES string of the molecule is CC(C)(C)c1[c-]c2c(cc1)-c1ccc(C(C)(C)C)cc1C2.[C-]1=CC=CC1.[CH-]1CCCCCC1.[CH-]1CCCCCC1.[Si]=[Zr]. The summed E-state index contributed by atoms with van der Waals surface area (Å²) in [4.78, 5) is 0. The molecule has 228 valence electrons. The summed E-state index contributed by atoms with van der Waals surface area (Å²) in [6, 6.07) is 15.2. The van der Waals surface area contributed by atoms with Crippen LogP contribution in [0, 0.1) is 25.0 Å². The average molecular weight is 656 g/mol. The fourth-order valence-electron chi connectivity index (χ4n) is 5.52. The van der Waals surface area contributed by atoms with Crippen LogP contribution in [-0.2, 0) is 40.6 Å². The molecule has 4 aliphatic carbocycles. The molecule has 0 aliphatic heterocycles. The third kappa shape index (κ3) is 13.8. The Morgan fingerprint density at radius 1 is 0.690 bits per heavy atom. The molecule has 0 heterocycles. The van der Waals surface area contributed by atoms with Crippen molar-refractivity contribution in [2.45, 2.75) is 142 Å². The zero-order valence-electron chi connectivity index (χ0n) is 27.7. The van der Waals surface area contributed by atoms with Gasteiger partial charge in [-0.15, -0.1) is 17.5 Å². The molecule has 2 radical (unpaired) electrons. The second-order valence-corrected chi connectivity index (χ2v) is 13.9. The van der Waals surface area contributed by atoms with E-state index in [1.54, 1.807) is 0 Å². The monoisotopic (exact) mass is 654 g/mol. The molecule has 2 fully saturated rings. The summed E-state index contributed by atoms with van der Waals surface area (Å²) < 4.78 is 0. The van der Waals surface area contributed by atoms with Gasteiger partial charge < -0.3 is 12.8 Å². The summed E-state index contributed by atoms with van der Waals surface area (Å²) in [5.74, 6) is 0. The van der Waals surface area contributed by atoms with Crippen molar-refractivity contribution in [2.75, 3.05) is 0 Å². The molecular weight excluding hydrogens is 600 g/mol. The van der Waals surface area contributed by atoms with E-state index in [-0.39, 0.29) is 10.8 Å². The van der Waals surface area contributed by atoms with E-state index in [1.165, 1.54) is 134 Å². The van der Waals surface area contributed by atoms with Crippen molar-refractivity contribution >= 4 is 6.88 Å². The van der Waals surface area contributed by atoms with Crippen LogP contribution in [0.3, 0.4) is 0 Å². The number of hydrogen-bond donors (Lipinski definition) is 0. The fraction of sp³-hybridized carbons (Fsp3) is 0.550. The maximum absolute atomic E-state index is 3.67. The van der Waals surface area contributed by atoms with Crippen LogP contribution in [-0.4, -0.2) is 6.88 Å². The Morgan fingerprint density at radius 2 is 1.24 bits per heavy atom. The van der Waals surface area contributed by atoms with Gasteiger partial charge in [0.2, 0.25) is 0 Å². The van der Waals surface area contributed by atoms with Crippen LogP contribution in [0.5, 0.6) is 0 Å². The van der Waals surface area contributed by atoms with E-state index in [4.69, 9.17) is 0 Å². The van der Waals surface area contributed by atoms with Gasteiger partial charge in [-0.2, -0.15) is 55.5 Å². The van der Waals surface area contributed by atoms with Crippen molar-refractivity contribution < 1.29 is 23.3 Å². The average Bonchev–Trinajstić information content (AvgIpc) is 3.44. The first-order valence-corrected chi connectivity index (χ1v) is 20.6. The molecule has 2 saturated carbocycles. The quantitative estimate of drug-likeness (QED) is 0.128. The zero-order valence-corrected chi connectivity index (χ0v) is 31.1. The molecule has 0 saturated heterocycles. The first-order valence-electron chi connectivity index (χ1n) is 16.5. The van der Waals surface area contributed by atoms with Crippen molar-refractivity contribution in [1.82, 2.24) is 0 Å². The molecule has 0 aromatic heterocycles. The second-order valence-electron chi connectivity index (χ2n) is 13.9. The van der Waals surface area contributed by atoms with Crippen molar-refractivity contribution in [3.05, 3.63) is 95.8 Å². The van der Waals surface area contributed by atoms with Crippen molar-refractivity contribution in [3.63, 3.8) is 0 Å². The predicted molar refractivity (Wildman–Crippen MR) is 182 cm³/mol. The summed E-state index contributed by atoms with van der Waals surface area (Å²) in [6.45, 7) is 16.7. The van der Waals surface area contributed by atoms with Gasteiger partial charge in [-0.25, -0.2) is 12.2 Å². The number of benzene rings is 2. The molecule has 0 N–H and O–H groups in total. The minimum absolute atomic E-state index is 0.167. The van der Waals surface area contributed by atoms with E-state index in [0.717, 1.165) is 12.8 Å². The first-order chi connectivity index (χ1) is 20.2. The molecule has 4 aliphatic rings. The molecule has 2 aromatic rings. The van der Waals surface area contributed by atoms with Crippen LogP contribution in [0.25, 0.3) is 11.1 Å². The molecule has 0 nitrogen and oxygen atoms in total. The van der Waals surface area contributed by atoms with E-state index < -0.39 is 0 Å².